The van der Waals surface area contributed by atoms with Gasteiger partial charge in [-0.15, -0.1) is 0 Å². The fraction of sp³-hybridized carbons (Fsp3) is 0.455. The summed E-state index contributed by atoms with van der Waals surface area (Å²) in [4.78, 5) is 0. The predicted molar refractivity (Wildman–Crippen MR) is 60.3 cm³/mol. The number of ether oxygens (including phenoxy) is 2. The van der Waals surface area contributed by atoms with Gasteiger partial charge in [-0.1, -0.05) is 6.07 Å². The van der Waals surface area contributed by atoms with Crippen molar-refractivity contribution in [3.05, 3.63) is 23.8 Å². The molecule has 4 nitrogen and oxygen atoms in total. The molecule has 0 saturated heterocycles. The van der Waals surface area contributed by atoms with Crippen molar-refractivity contribution in [2.24, 2.45) is 0 Å². The topological polar surface area (TPSA) is 52.6 Å². The molecule has 0 bridgehead atoms. The number of sulfone groups is 1. The third-order valence-electron chi connectivity index (χ3n) is 2.52. The van der Waals surface area contributed by atoms with Gasteiger partial charge in [0.05, 0.1) is 11.0 Å². The molecule has 0 amide bonds. The van der Waals surface area contributed by atoms with E-state index in [0.717, 1.165) is 5.56 Å². The van der Waals surface area contributed by atoms with Gasteiger partial charge in [0.25, 0.3) is 0 Å². The SMILES string of the molecule is CC(C)S(=O)(=O)Cc1ccc2c(c1)OCO2. The summed E-state index contributed by atoms with van der Waals surface area (Å²) >= 11 is 0. The molecule has 16 heavy (non-hydrogen) atoms. The van der Waals surface area contributed by atoms with Crippen molar-refractivity contribution in [2.75, 3.05) is 6.79 Å². The molecule has 5 heteroatoms. The summed E-state index contributed by atoms with van der Waals surface area (Å²) in [6.07, 6.45) is 0. The average molecular weight is 242 g/mol. The van der Waals surface area contributed by atoms with Crippen molar-refractivity contribution in [2.45, 2.75) is 24.9 Å². The van der Waals surface area contributed by atoms with Gasteiger partial charge in [0, 0.05) is 0 Å². The maximum Gasteiger partial charge on any atom is 0.231 e. The van der Waals surface area contributed by atoms with Gasteiger partial charge in [-0.05, 0) is 31.5 Å². The second-order valence-electron chi connectivity index (χ2n) is 4.04. The summed E-state index contributed by atoms with van der Waals surface area (Å²) < 4.78 is 33.8. The Morgan fingerprint density at radius 3 is 2.62 bits per heavy atom. The lowest BCUT2D eigenvalue weighted by Crippen LogP contribution is -2.15. The van der Waals surface area contributed by atoms with Crippen LogP contribution < -0.4 is 9.47 Å². The van der Waals surface area contributed by atoms with Gasteiger partial charge in [0.15, 0.2) is 21.3 Å². The molecule has 0 N–H and O–H groups in total. The summed E-state index contributed by atoms with van der Waals surface area (Å²) in [6, 6.07) is 5.23. The second-order valence-corrected chi connectivity index (χ2v) is 6.60. The van der Waals surface area contributed by atoms with Crippen LogP contribution in [-0.2, 0) is 15.6 Å². The lowest BCUT2D eigenvalue weighted by molar-refractivity contribution is 0.174. The average Bonchev–Trinajstić information content (AvgIpc) is 2.63. The van der Waals surface area contributed by atoms with Crippen LogP contribution in [0.15, 0.2) is 18.2 Å². The van der Waals surface area contributed by atoms with E-state index < -0.39 is 9.84 Å². The Labute approximate surface area is 95.1 Å². The van der Waals surface area contributed by atoms with Crippen LogP contribution in [0, 0.1) is 0 Å². The normalized spacial score (nSPS) is 14.4. The number of hydrogen-bond acceptors (Lipinski definition) is 4. The Bertz CT molecular complexity index is 491. The van der Waals surface area contributed by atoms with Crippen molar-refractivity contribution >= 4 is 9.84 Å². The Hall–Kier alpha value is -1.23. The molecule has 0 radical (unpaired) electrons. The van der Waals surface area contributed by atoms with Gasteiger partial charge in [0.1, 0.15) is 0 Å². The van der Waals surface area contributed by atoms with Crippen LogP contribution in [0.1, 0.15) is 19.4 Å². The largest absolute Gasteiger partial charge is 0.454 e. The molecule has 0 aliphatic carbocycles. The first-order chi connectivity index (χ1) is 7.49. The van der Waals surface area contributed by atoms with E-state index in [2.05, 4.69) is 0 Å². The summed E-state index contributed by atoms with van der Waals surface area (Å²) in [5.41, 5.74) is 0.734. The number of rotatable bonds is 3. The third kappa shape index (κ3) is 2.14. The van der Waals surface area contributed by atoms with Gasteiger partial charge in [-0.25, -0.2) is 8.42 Å². The molecule has 0 spiro atoms. The highest BCUT2D eigenvalue weighted by molar-refractivity contribution is 7.91. The van der Waals surface area contributed by atoms with Crippen molar-refractivity contribution in [3.63, 3.8) is 0 Å². The molecule has 0 unspecified atom stereocenters. The van der Waals surface area contributed by atoms with Crippen LogP contribution >= 0.6 is 0 Å². The minimum Gasteiger partial charge on any atom is -0.454 e. The van der Waals surface area contributed by atoms with Gasteiger partial charge >= 0.3 is 0 Å². The molecule has 2 rings (SSSR count). The quantitative estimate of drug-likeness (QED) is 0.810. The Morgan fingerprint density at radius 2 is 1.94 bits per heavy atom. The highest BCUT2D eigenvalue weighted by atomic mass is 32.2. The van der Waals surface area contributed by atoms with Crippen molar-refractivity contribution in [1.29, 1.82) is 0 Å². The highest BCUT2D eigenvalue weighted by Crippen LogP contribution is 2.33. The highest BCUT2D eigenvalue weighted by Gasteiger charge is 2.19. The van der Waals surface area contributed by atoms with Crippen LogP contribution in [0.2, 0.25) is 0 Å². The number of fused-ring (bicyclic) bond motifs is 1. The molecule has 1 aliphatic heterocycles. The van der Waals surface area contributed by atoms with Gasteiger partial charge in [-0.2, -0.15) is 0 Å². The lowest BCUT2D eigenvalue weighted by Gasteiger charge is -2.08. The van der Waals surface area contributed by atoms with Gasteiger partial charge in [-0.3, -0.25) is 0 Å². The Kier molecular flexibility index (Phi) is 2.80. The van der Waals surface area contributed by atoms with Crippen molar-refractivity contribution in [1.82, 2.24) is 0 Å². The Balaban J connectivity index is 2.24. The Morgan fingerprint density at radius 1 is 1.25 bits per heavy atom. The lowest BCUT2D eigenvalue weighted by atomic mass is 10.2. The van der Waals surface area contributed by atoms with Crippen molar-refractivity contribution in [3.8, 4) is 11.5 Å². The minimum absolute atomic E-state index is 0.0430. The number of hydrogen-bond donors (Lipinski definition) is 0. The van der Waals surface area contributed by atoms with Crippen LogP contribution in [0.5, 0.6) is 11.5 Å². The van der Waals surface area contributed by atoms with Crippen LogP contribution in [0.25, 0.3) is 0 Å². The van der Waals surface area contributed by atoms with Gasteiger partial charge in [0.2, 0.25) is 6.79 Å². The first kappa shape index (κ1) is 11.3. The summed E-state index contributed by atoms with van der Waals surface area (Å²) in [7, 11) is -3.07. The van der Waals surface area contributed by atoms with E-state index in [1.165, 1.54) is 0 Å². The van der Waals surface area contributed by atoms with Crippen LogP contribution in [-0.4, -0.2) is 20.5 Å². The molecule has 1 heterocycles. The van der Waals surface area contributed by atoms with E-state index in [0.29, 0.717) is 11.5 Å². The zero-order chi connectivity index (χ0) is 11.8. The van der Waals surface area contributed by atoms with E-state index in [4.69, 9.17) is 9.47 Å². The molecule has 0 atom stereocenters. The van der Waals surface area contributed by atoms with Gasteiger partial charge < -0.3 is 9.47 Å². The molecular formula is C11H14O4S. The minimum atomic E-state index is -3.07. The molecule has 0 saturated carbocycles. The molecule has 0 aromatic heterocycles. The maximum absolute atomic E-state index is 11.7. The van der Waals surface area contributed by atoms with Crippen LogP contribution in [0.3, 0.4) is 0 Å². The van der Waals surface area contributed by atoms with Crippen molar-refractivity contribution < 1.29 is 17.9 Å². The predicted octanol–water partition coefficient (Wildman–Crippen LogP) is 1.74. The molecular weight excluding hydrogens is 228 g/mol. The van der Waals surface area contributed by atoms with E-state index >= 15 is 0 Å². The monoisotopic (exact) mass is 242 g/mol. The fourth-order valence-corrected chi connectivity index (χ4v) is 2.41. The van der Waals surface area contributed by atoms with E-state index in [9.17, 15) is 8.42 Å². The van der Waals surface area contributed by atoms with E-state index in [1.54, 1.807) is 32.0 Å². The second kappa shape index (κ2) is 3.97. The molecule has 1 aliphatic rings. The molecule has 1 aromatic carbocycles. The van der Waals surface area contributed by atoms with Crippen LogP contribution in [0.4, 0.5) is 0 Å². The fourth-order valence-electron chi connectivity index (χ4n) is 1.43. The number of benzene rings is 1. The summed E-state index contributed by atoms with van der Waals surface area (Å²) in [6.45, 7) is 3.57. The molecule has 88 valence electrons. The molecule has 1 aromatic rings. The first-order valence-corrected chi connectivity index (χ1v) is 6.81. The summed E-state index contributed by atoms with van der Waals surface area (Å²) in [5.74, 6) is 1.34. The molecule has 0 fully saturated rings. The standard InChI is InChI=1S/C11H14O4S/c1-8(2)16(12,13)6-9-3-4-10-11(5-9)15-7-14-10/h3-5,8H,6-7H2,1-2H3. The third-order valence-corrected chi connectivity index (χ3v) is 4.70. The smallest absolute Gasteiger partial charge is 0.231 e. The zero-order valence-electron chi connectivity index (χ0n) is 9.26. The maximum atomic E-state index is 11.7. The zero-order valence-corrected chi connectivity index (χ0v) is 10.1. The summed E-state index contributed by atoms with van der Waals surface area (Å²) in [5, 5.41) is -0.363. The van der Waals surface area contributed by atoms with E-state index in [-0.39, 0.29) is 17.8 Å². The first-order valence-electron chi connectivity index (χ1n) is 5.09. The van der Waals surface area contributed by atoms with E-state index in [1.807, 2.05) is 0 Å².